The second-order valence-electron chi connectivity index (χ2n) is 9.36. The van der Waals surface area contributed by atoms with Gasteiger partial charge in [0.15, 0.2) is 23.2 Å². The zero-order chi connectivity index (χ0) is 27.8. The first-order chi connectivity index (χ1) is 18.6. The molecule has 3 aromatic rings. The number of nitrogens with zero attached hydrogens (tertiary/aromatic N) is 3. The zero-order valence-corrected chi connectivity index (χ0v) is 20.7. The molecule has 2 amide bonds. The van der Waals surface area contributed by atoms with Crippen molar-refractivity contribution in [2.24, 2.45) is 13.0 Å². The highest BCUT2D eigenvalue weighted by Crippen LogP contribution is 2.36. The number of imidazole rings is 1. The summed E-state index contributed by atoms with van der Waals surface area (Å²) >= 11 is 0. The monoisotopic (exact) mass is 544 g/mol. The van der Waals surface area contributed by atoms with Crippen molar-refractivity contribution < 1.29 is 41.8 Å². The Kier molecular flexibility index (Phi) is 6.98. The van der Waals surface area contributed by atoms with Crippen LogP contribution in [0, 0.1) is 23.4 Å². The standard InChI is InChI=1S/C26H23F3N4O6/c1-32-18-5-3-2-4-16(18)30-24(32)26(37)33-8-6-13(7-9-33)25(36)31-17-11-20(35)39-22-15(28)10-14(27)21(29)23(22)38-12-19(17)34/h2-5,10,13,17H,6-9,11-12H2,1H3,(H,31,36). The number of nitrogens with one attached hydrogen (secondary N) is 1. The average molecular weight is 544 g/mol. The minimum atomic E-state index is -1.62. The summed E-state index contributed by atoms with van der Waals surface area (Å²) in [5, 5.41) is 2.48. The largest absolute Gasteiger partial charge is 0.479 e. The van der Waals surface area contributed by atoms with Gasteiger partial charge in [-0.3, -0.25) is 19.2 Å². The van der Waals surface area contributed by atoms with Gasteiger partial charge in [0.25, 0.3) is 5.91 Å². The molecule has 2 aromatic carbocycles. The lowest BCUT2D eigenvalue weighted by molar-refractivity contribution is -0.138. The molecule has 0 aliphatic carbocycles. The number of carbonyl (C=O) groups excluding carboxylic acids is 4. The van der Waals surface area contributed by atoms with Gasteiger partial charge >= 0.3 is 5.97 Å². The van der Waals surface area contributed by atoms with Gasteiger partial charge in [0.05, 0.1) is 17.5 Å². The van der Waals surface area contributed by atoms with E-state index in [2.05, 4.69) is 10.3 Å². The van der Waals surface area contributed by atoms with E-state index < -0.39 is 71.6 Å². The Bertz CT molecular complexity index is 1500. The summed E-state index contributed by atoms with van der Waals surface area (Å²) in [5.41, 5.74) is 1.51. The van der Waals surface area contributed by atoms with Gasteiger partial charge < -0.3 is 24.3 Å². The molecule has 1 N–H and O–H groups in total. The Labute approximate surface area is 219 Å². The van der Waals surface area contributed by atoms with Crippen molar-refractivity contribution in [1.29, 1.82) is 0 Å². The summed E-state index contributed by atoms with van der Waals surface area (Å²) in [6.07, 6.45) is -0.0785. The third kappa shape index (κ3) is 5.03. The first kappa shape index (κ1) is 26.2. The third-order valence-electron chi connectivity index (χ3n) is 6.87. The number of ether oxygens (including phenoxy) is 2. The molecule has 5 rings (SSSR count). The van der Waals surface area contributed by atoms with Gasteiger partial charge in [0, 0.05) is 32.1 Å². The molecule has 1 unspecified atom stereocenters. The molecule has 204 valence electrons. The number of hydrogen-bond donors (Lipinski definition) is 1. The maximum Gasteiger partial charge on any atom is 0.313 e. The van der Waals surface area contributed by atoms with E-state index in [4.69, 9.17) is 9.47 Å². The van der Waals surface area contributed by atoms with Crippen LogP contribution in [0.1, 0.15) is 29.9 Å². The molecule has 2 aliphatic heterocycles. The number of rotatable bonds is 3. The second-order valence-corrected chi connectivity index (χ2v) is 9.36. The van der Waals surface area contributed by atoms with Gasteiger partial charge in [-0.1, -0.05) is 12.1 Å². The number of esters is 1. The summed E-state index contributed by atoms with van der Waals surface area (Å²) in [6, 6.07) is 6.15. The van der Waals surface area contributed by atoms with Crippen LogP contribution in [0.2, 0.25) is 0 Å². The molecule has 1 saturated heterocycles. The van der Waals surface area contributed by atoms with Gasteiger partial charge in [-0.25, -0.2) is 13.8 Å². The summed E-state index contributed by atoms with van der Waals surface area (Å²) in [7, 11) is 1.75. The third-order valence-corrected chi connectivity index (χ3v) is 6.87. The maximum atomic E-state index is 14.1. The Morgan fingerprint density at radius 1 is 1.05 bits per heavy atom. The first-order valence-corrected chi connectivity index (χ1v) is 12.2. The van der Waals surface area contributed by atoms with Crippen molar-refractivity contribution in [3.05, 3.63) is 53.6 Å². The molecular weight excluding hydrogens is 521 g/mol. The molecule has 39 heavy (non-hydrogen) atoms. The molecule has 3 heterocycles. The highest BCUT2D eigenvalue weighted by molar-refractivity contribution is 5.96. The topological polar surface area (TPSA) is 120 Å². The number of carbonyl (C=O) groups is 4. The van der Waals surface area contributed by atoms with Crippen LogP contribution in [0.15, 0.2) is 30.3 Å². The number of ketones is 1. The van der Waals surface area contributed by atoms with Crippen LogP contribution in [-0.4, -0.2) is 63.8 Å². The Morgan fingerprint density at radius 2 is 1.77 bits per heavy atom. The molecule has 2 aliphatic rings. The minimum absolute atomic E-state index is 0.192. The molecule has 13 heteroatoms. The van der Waals surface area contributed by atoms with E-state index in [0.29, 0.717) is 18.4 Å². The molecule has 0 saturated carbocycles. The van der Waals surface area contributed by atoms with Gasteiger partial charge in [-0.05, 0) is 25.0 Å². The van der Waals surface area contributed by atoms with Crippen LogP contribution >= 0.6 is 0 Å². The van der Waals surface area contributed by atoms with Crippen LogP contribution in [-0.2, 0) is 21.4 Å². The summed E-state index contributed by atoms with van der Waals surface area (Å²) < 4.78 is 53.3. The van der Waals surface area contributed by atoms with Crippen LogP contribution < -0.4 is 14.8 Å². The predicted molar refractivity (Wildman–Crippen MR) is 128 cm³/mol. The van der Waals surface area contributed by atoms with Crippen molar-refractivity contribution in [1.82, 2.24) is 19.8 Å². The Balaban J connectivity index is 1.22. The van der Waals surface area contributed by atoms with Gasteiger partial charge in [0.1, 0.15) is 12.6 Å². The SMILES string of the molecule is Cn1c(C(=O)N2CCC(C(=O)NC3CC(=O)Oc4c(F)cc(F)c(F)c4OCC3=O)CC2)nc2ccccc21. The minimum Gasteiger partial charge on any atom is -0.479 e. The summed E-state index contributed by atoms with van der Waals surface area (Å²) in [5.74, 6) is -9.64. The van der Waals surface area contributed by atoms with Crippen LogP contribution in [0.5, 0.6) is 11.5 Å². The quantitative estimate of drug-likeness (QED) is 0.305. The van der Waals surface area contributed by atoms with Crippen LogP contribution in [0.25, 0.3) is 11.0 Å². The normalized spacial score (nSPS) is 18.5. The van der Waals surface area contributed by atoms with E-state index in [-0.39, 0.29) is 30.9 Å². The smallest absolute Gasteiger partial charge is 0.313 e. The van der Waals surface area contributed by atoms with Crippen LogP contribution in [0.3, 0.4) is 0 Å². The lowest BCUT2D eigenvalue weighted by Gasteiger charge is -2.31. The lowest BCUT2D eigenvalue weighted by atomic mass is 9.95. The van der Waals surface area contributed by atoms with Gasteiger partial charge in [0.2, 0.25) is 23.2 Å². The number of aromatic nitrogens is 2. The fraction of sp³-hybridized carbons (Fsp3) is 0.346. The molecular formula is C26H23F3N4O6. The maximum absolute atomic E-state index is 14.1. The summed E-state index contributed by atoms with van der Waals surface area (Å²) in [6.45, 7) is -0.327. The number of aryl methyl sites for hydroxylation is 1. The van der Waals surface area contributed by atoms with Crippen molar-refractivity contribution >= 4 is 34.6 Å². The van der Waals surface area contributed by atoms with E-state index in [1.54, 1.807) is 16.5 Å². The van der Waals surface area contributed by atoms with Crippen molar-refractivity contribution in [3.63, 3.8) is 0 Å². The van der Waals surface area contributed by atoms with E-state index in [9.17, 15) is 32.3 Å². The summed E-state index contributed by atoms with van der Waals surface area (Å²) in [4.78, 5) is 57.0. The van der Waals surface area contributed by atoms with Crippen LogP contribution in [0.4, 0.5) is 13.2 Å². The molecule has 1 fully saturated rings. The Hall–Kier alpha value is -4.42. The number of likely N-dealkylation sites (tertiary alicyclic amines) is 1. The first-order valence-electron chi connectivity index (χ1n) is 12.2. The van der Waals surface area contributed by atoms with Gasteiger partial charge in [-0.2, -0.15) is 4.39 Å². The number of halogens is 3. The lowest BCUT2D eigenvalue weighted by Crippen LogP contribution is -2.49. The predicted octanol–water partition coefficient (Wildman–Crippen LogP) is 2.28. The van der Waals surface area contributed by atoms with Gasteiger partial charge in [-0.15, -0.1) is 0 Å². The van der Waals surface area contributed by atoms with Crippen molar-refractivity contribution in [3.8, 4) is 11.5 Å². The number of benzene rings is 2. The molecule has 0 radical (unpaired) electrons. The zero-order valence-electron chi connectivity index (χ0n) is 20.7. The molecule has 0 bridgehead atoms. The molecule has 0 spiro atoms. The number of para-hydroxylation sites is 2. The highest BCUT2D eigenvalue weighted by Gasteiger charge is 2.35. The molecule has 1 aromatic heterocycles. The van der Waals surface area contributed by atoms with Crippen molar-refractivity contribution in [2.75, 3.05) is 19.7 Å². The fourth-order valence-corrected chi connectivity index (χ4v) is 4.70. The number of piperidine rings is 1. The Morgan fingerprint density at radius 3 is 2.49 bits per heavy atom. The fourth-order valence-electron chi connectivity index (χ4n) is 4.70. The van der Waals surface area contributed by atoms with Crippen molar-refractivity contribution in [2.45, 2.75) is 25.3 Å². The molecule has 1 atom stereocenters. The second kappa shape index (κ2) is 10.4. The van der Waals surface area contributed by atoms with E-state index in [1.165, 1.54) is 0 Å². The number of amides is 2. The highest BCUT2D eigenvalue weighted by atomic mass is 19.2. The number of Topliss-reactive ketones (excluding diaryl/α,β-unsaturated/α-hetero) is 1. The molecule has 10 nitrogen and oxygen atoms in total. The average Bonchev–Trinajstić information content (AvgIpc) is 3.28. The van der Waals surface area contributed by atoms with E-state index in [0.717, 1.165) is 5.52 Å². The number of hydrogen-bond acceptors (Lipinski definition) is 7. The number of fused-ring (bicyclic) bond motifs is 2. The van der Waals surface area contributed by atoms with E-state index in [1.807, 2.05) is 24.3 Å². The van der Waals surface area contributed by atoms with E-state index >= 15 is 0 Å².